The molecule has 0 spiro atoms. The van der Waals surface area contributed by atoms with E-state index in [0.29, 0.717) is 0 Å². The Kier molecular flexibility index (Phi) is 5.70. The number of carbonyl (C=O) groups excluding carboxylic acids is 1. The van der Waals surface area contributed by atoms with E-state index >= 15 is 0 Å². The van der Waals surface area contributed by atoms with Crippen LogP contribution in [0, 0.1) is 11.6 Å². The van der Waals surface area contributed by atoms with Crippen LogP contribution in [-0.4, -0.2) is 23.9 Å². The van der Waals surface area contributed by atoms with Crippen LogP contribution < -0.4 is 4.90 Å². The quantitative estimate of drug-likeness (QED) is 0.529. The van der Waals surface area contributed by atoms with Crippen molar-refractivity contribution in [3.8, 4) is 0 Å². The second-order valence-corrected chi connectivity index (χ2v) is 7.51. The normalized spacial score (nSPS) is 14.2. The minimum Gasteiger partial charge on any atom is -0.352 e. The minimum absolute atomic E-state index is 0.0454. The number of nitrogens with zero attached hydrogens (tertiary/aromatic N) is 2. The van der Waals surface area contributed by atoms with Crippen LogP contribution in [0.25, 0.3) is 5.57 Å². The molecule has 0 radical (unpaired) electrons. The molecule has 0 saturated carbocycles. The Labute approximate surface area is 174 Å². The van der Waals surface area contributed by atoms with Crippen LogP contribution in [0.3, 0.4) is 0 Å². The number of pyridine rings is 1. The molecule has 0 N–H and O–H groups in total. The van der Waals surface area contributed by atoms with Gasteiger partial charge in [-0.3, -0.25) is 4.79 Å². The van der Waals surface area contributed by atoms with E-state index < -0.39 is 23.0 Å². The summed E-state index contributed by atoms with van der Waals surface area (Å²) in [5, 5.41) is 0. The average molecular weight is 404 g/mol. The molecule has 30 heavy (non-hydrogen) atoms. The van der Waals surface area contributed by atoms with Gasteiger partial charge in [-0.25, -0.2) is 13.8 Å². The summed E-state index contributed by atoms with van der Waals surface area (Å²) < 4.78 is 27.7. The van der Waals surface area contributed by atoms with Gasteiger partial charge in [0.05, 0.1) is 5.56 Å². The lowest BCUT2D eigenvalue weighted by Gasteiger charge is -2.31. The largest absolute Gasteiger partial charge is 0.352 e. The number of aromatic nitrogens is 1. The lowest BCUT2D eigenvalue weighted by molar-refractivity contribution is 0.0985. The SMILES string of the molecule is CC1=C(c2ccc(CC(=O)c3c(F)cccc3F)cc2)CN(c2ccccn2)CC1. The molecule has 1 aliphatic rings. The van der Waals surface area contributed by atoms with Crippen LogP contribution in [0.15, 0.2) is 72.4 Å². The molecule has 0 fully saturated rings. The topological polar surface area (TPSA) is 33.2 Å². The van der Waals surface area contributed by atoms with Crippen LogP contribution in [0.1, 0.15) is 34.8 Å². The highest BCUT2D eigenvalue weighted by Gasteiger charge is 2.20. The fourth-order valence-corrected chi connectivity index (χ4v) is 3.79. The highest BCUT2D eigenvalue weighted by Crippen LogP contribution is 2.29. The van der Waals surface area contributed by atoms with Crippen molar-refractivity contribution in [3.63, 3.8) is 0 Å². The maximum atomic E-state index is 13.9. The summed E-state index contributed by atoms with van der Waals surface area (Å²) in [6.07, 6.45) is 2.71. The van der Waals surface area contributed by atoms with Gasteiger partial charge in [-0.15, -0.1) is 0 Å². The molecular formula is C25H22F2N2O. The summed E-state index contributed by atoms with van der Waals surface area (Å²) in [5.74, 6) is -1.26. The van der Waals surface area contributed by atoms with E-state index in [1.54, 1.807) is 6.20 Å². The Morgan fingerprint density at radius 1 is 1.00 bits per heavy atom. The Balaban J connectivity index is 1.51. The van der Waals surface area contributed by atoms with Gasteiger partial charge in [0.15, 0.2) is 5.78 Å². The molecule has 5 heteroatoms. The van der Waals surface area contributed by atoms with Crippen molar-refractivity contribution in [1.82, 2.24) is 4.98 Å². The van der Waals surface area contributed by atoms with Crippen molar-refractivity contribution in [2.75, 3.05) is 18.0 Å². The molecule has 4 rings (SSSR count). The summed E-state index contributed by atoms with van der Waals surface area (Å²) in [4.78, 5) is 19.1. The van der Waals surface area contributed by atoms with Crippen molar-refractivity contribution in [3.05, 3.63) is 101 Å². The Bertz CT molecular complexity index is 1070. The van der Waals surface area contributed by atoms with E-state index in [0.717, 1.165) is 48.6 Å². The fourth-order valence-electron chi connectivity index (χ4n) is 3.79. The average Bonchev–Trinajstić information content (AvgIpc) is 2.75. The number of anilines is 1. The number of hydrogen-bond acceptors (Lipinski definition) is 3. The summed E-state index contributed by atoms with van der Waals surface area (Å²) in [6.45, 7) is 3.83. The summed E-state index contributed by atoms with van der Waals surface area (Å²) in [5.41, 5.74) is 3.91. The molecule has 152 valence electrons. The fraction of sp³-hybridized carbons (Fsp3) is 0.200. The molecule has 3 nitrogen and oxygen atoms in total. The van der Waals surface area contributed by atoms with Crippen LogP contribution in [0.5, 0.6) is 0 Å². The first-order valence-electron chi connectivity index (χ1n) is 9.94. The Morgan fingerprint density at radius 3 is 2.40 bits per heavy atom. The lowest BCUT2D eigenvalue weighted by atomic mass is 9.93. The number of Topliss-reactive ketones (excluding diaryl/α,β-unsaturated/α-hetero) is 1. The van der Waals surface area contributed by atoms with Crippen LogP contribution in [0.2, 0.25) is 0 Å². The summed E-state index contributed by atoms with van der Waals surface area (Å²) in [6, 6.07) is 17.0. The number of halogens is 2. The third kappa shape index (κ3) is 4.15. The van der Waals surface area contributed by atoms with Gasteiger partial charge in [0.2, 0.25) is 0 Å². The first-order valence-corrected chi connectivity index (χ1v) is 9.94. The number of rotatable bonds is 5. The van der Waals surface area contributed by atoms with Gasteiger partial charge in [0, 0.05) is 25.7 Å². The lowest BCUT2D eigenvalue weighted by Crippen LogP contribution is -2.31. The molecule has 2 aromatic carbocycles. The first-order chi connectivity index (χ1) is 14.5. The molecule has 1 aromatic heterocycles. The molecule has 1 aliphatic heterocycles. The molecule has 0 atom stereocenters. The van der Waals surface area contributed by atoms with Gasteiger partial charge in [0.25, 0.3) is 0 Å². The van der Waals surface area contributed by atoms with E-state index in [1.807, 2.05) is 42.5 Å². The van der Waals surface area contributed by atoms with E-state index in [-0.39, 0.29) is 6.42 Å². The zero-order chi connectivity index (χ0) is 21.1. The van der Waals surface area contributed by atoms with E-state index in [9.17, 15) is 13.6 Å². The zero-order valence-electron chi connectivity index (χ0n) is 16.7. The van der Waals surface area contributed by atoms with E-state index in [1.165, 1.54) is 17.2 Å². The molecule has 0 unspecified atom stereocenters. The maximum Gasteiger partial charge on any atom is 0.173 e. The van der Waals surface area contributed by atoms with Gasteiger partial charge < -0.3 is 4.90 Å². The zero-order valence-corrected chi connectivity index (χ0v) is 16.7. The Hall–Kier alpha value is -3.34. The number of benzene rings is 2. The maximum absolute atomic E-state index is 13.9. The number of hydrogen-bond donors (Lipinski definition) is 0. The Morgan fingerprint density at radius 2 is 1.73 bits per heavy atom. The second-order valence-electron chi connectivity index (χ2n) is 7.51. The van der Waals surface area contributed by atoms with Gasteiger partial charge in [-0.05, 0) is 54.3 Å². The molecule has 2 heterocycles. The van der Waals surface area contributed by atoms with Crippen LogP contribution in [-0.2, 0) is 6.42 Å². The number of ketones is 1. The standard InChI is InChI=1S/C25H22F2N2O/c1-17-12-14-29(24-7-2-3-13-28-24)16-20(17)19-10-8-18(9-11-19)15-23(30)25-21(26)5-4-6-22(25)27/h2-11,13H,12,14-16H2,1H3. The third-order valence-electron chi connectivity index (χ3n) is 5.50. The highest BCUT2D eigenvalue weighted by molar-refractivity contribution is 5.98. The second kappa shape index (κ2) is 8.57. The van der Waals surface area contributed by atoms with Crippen molar-refractivity contribution in [2.45, 2.75) is 19.8 Å². The van der Waals surface area contributed by atoms with Gasteiger partial charge in [0.1, 0.15) is 17.5 Å². The van der Waals surface area contributed by atoms with Crippen LogP contribution >= 0.6 is 0 Å². The van der Waals surface area contributed by atoms with E-state index in [4.69, 9.17) is 0 Å². The minimum atomic E-state index is -0.825. The first kappa shape index (κ1) is 20.0. The predicted molar refractivity (Wildman–Crippen MR) is 114 cm³/mol. The van der Waals surface area contributed by atoms with Gasteiger partial charge in [-0.1, -0.05) is 42.0 Å². The van der Waals surface area contributed by atoms with Crippen molar-refractivity contribution in [2.24, 2.45) is 0 Å². The molecule has 0 bridgehead atoms. The van der Waals surface area contributed by atoms with Crippen LogP contribution in [0.4, 0.5) is 14.6 Å². The molecule has 0 amide bonds. The molecule has 3 aromatic rings. The molecule has 0 aliphatic carbocycles. The third-order valence-corrected chi connectivity index (χ3v) is 5.50. The monoisotopic (exact) mass is 404 g/mol. The van der Waals surface area contributed by atoms with Gasteiger partial charge >= 0.3 is 0 Å². The predicted octanol–water partition coefficient (Wildman–Crippen LogP) is 5.47. The van der Waals surface area contributed by atoms with Crippen molar-refractivity contribution < 1.29 is 13.6 Å². The highest BCUT2D eigenvalue weighted by atomic mass is 19.1. The molecular weight excluding hydrogens is 382 g/mol. The molecule has 0 saturated heterocycles. The summed E-state index contributed by atoms with van der Waals surface area (Å²) in [7, 11) is 0. The van der Waals surface area contributed by atoms with Crippen molar-refractivity contribution in [1.29, 1.82) is 0 Å². The smallest absolute Gasteiger partial charge is 0.173 e. The van der Waals surface area contributed by atoms with Gasteiger partial charge in [-0.2, -0.15) is 0 Å². The summed E-state index contributed by atoms with van der Waals surface area (Å²) >= 11 is 0. The van der Waals surface area contributed by atoms with Crippen molar-refractivity contribution >= 4 is 17.2 Å². The van der Waals surface area contributed by atoms with E-state index in [2.05, 4.69) is 16.8 Å². The number of carbonyl (C=O) groups is 1.